The summed E-state index contributed by atoms with van der Waals surface area (Å²) in [5.41, 5.74) is 3.10. The fourth-order valence-electron chi connectivity index (χ4n) is 1.85. The summed E-state index contributed by atoms with van der Waals surface area (Å²) < 4.78 is 0. The number of anilines is 4. The zero-order chi connectivity index (χ0) is 14.5. The molecule has 0 aliphatic rings. The molecule has 1 heterocycles. The maximum absolute atomic E-state index is 4.39. The van der Waals surface area contributed by atoms with Gasteiger partial charge in [0.25, 0.3) is 0 Å². The highest BCUT2D eigenvalue weighted by molar-refractivity contribution is 5.58. The molecular weight excluding hydrogens is 262 g/mol. The van der Waals surface area contributed by atoms with Gasteiger partial charge in [-0.25, -0.2) is 0 Å². The van der Waals surface area contributed by atoms with E-state index in [1.54, 1.807) is 6.20 Å². The monoisotopic (exact) mass is 277 g/mol. The van der Waals surface area contributed by atoms with Gasteiger partial charge in [-0.1, -0.05) is 35.9 Å². The predicted octanol–water partition coefficient (Wildman–Crippen LogP) is 3.67. The van der Waals surface area contributed by atoms with Crippen molar-refractivity contribution in [2.24, 2.45) is 0 Å². The van der Waals surface area contributed by atoms with Gasteiger partial charge in [-0.2, -0.15) is 10.1 Å². The molecule has 3 rings (SSSR count). The van der Waals surface area contributed by atoms with Crippen molar-refractivity contribution in [3.63, 3.8) is 0 Å². The number of hydrogen-bond acceptors (Lipinski definition) is 5. The Labute approximate surface area is 123 Å². The third kappa shape index (κ3) is 3.54. The van der Waals surface area contributed by atoms with Crippen molar-refractivity contribution >= 4 is 23.1 Å². The maximum atomic E-state index is 4.39. The van der Waals surface area contributed by atoms with Gasteiger partial charge in [-0.3, -0.25) is 0 Å². The molecule has 2 N–H and O–H groups in total. The van der Waals surface area contributed by atoms with Crippen LogP contribution >= 0.6 is 0 Å². The van der Waals surface area contributed by atoms with Crippen LogP contribution in [0.2, 0.25) is 0 Å². The molecule has 0 aliphatic carbocycles. The zero-order valence-corrected chi connectivity index (χ0v) is 11.6. The summed E-state index contributed by atoms with van der Waals surface area (Å²) in [6.45, 7) is 2.05. The van der Waals surface area contributed by atoms with Gasteiger partial charge in [0.2, 0.25) is 5.95 Å². The standard InChI is InChI=1S/C16H15N5/c1-12-7-9-14(10-8-12)19-16-20-15(11-17-21-16)18-13-5-3-2-4-6-13/h2-11H,1H3,(H2,18,19,20,21). The van der Waals surface area contributed by atoms with Crippen molar-refractivity contribution in [2.45, 2.75) is 6.92 Å². The molecular formula is C16H15N5. The van der Waals surface area contributed by atoms with E-state index in [4.69, 9.17) is 0 Å². The summed E-state index contributed by atoms with van der Waals surface area (Å²) in [6, 6.07) is 17.8. The minimum absolute atomic E-state index is 0.458. The van der Waals surface area contributed by atoms with Crippen molar-refractivity contribution in [3.05, 3.63) is 66.4 Å². The topological polar surface area (TPSA) is 62.7 Å². The quantitative estimate of drug-likeness (QED) is 0.762. The molecule has 0 bridgehead atoms. The Kier molecular flexibility index (Phi) is 3.73. The van der Waals surface area contributed by atoms with E-state index in [9.17, 15) is 0 Å². The van der Waals surface area contributed by atoms with E-state index in [0.717, 1.165) is 11.4 Å². The Morgan fingerprint density at radius 2 is 1.52 bits per heavy atom. The maximum Gasteiger partial charge on any atom is 0.249 e. The molecule has 0 aliphatic heterocycles. The van der Waals surface area contributed by atoms with Gasteiger partial charge in [0.1, 0.15) is 0 Å². The SMILES string of the molecule is Cc1ccc(Nc2nncc(Nc3ccccc3)n2)cc1. The summed E-state index contributed by atoms with van der Waals surface area (Å²) in [6.07, 6.45) is 1.59. The first-order valence-electron chi connectivity index (χ1n) is 6.65. The molecule has 2 aromatic carbocycles. The van der Waals surface area contributed by atoms with Crippen LogP contribution in [0.5, 0.6) is 0 Å². The second-order valence-electron chi connectivity index (χ2n) is 4.65. The highest BCUT2D eigenvalue weighted by atomic mass is 15.3. The predicted molar refractivity (Wildman–Crippen MR) is 84.0 cm³/mol. The smallest absolute Gasteiger partial charge is 0.249 e. The summed E-state index contributed by atoms with van der Waals surface area (Å²) >= 11 is 0. The lowest BCUT2D eigenvalue weighted by atomic mass is 10.2. The van der Waals surface area contributed by atoms with E-state index in [2.05, 4.69) is 25.8 Å². The Morgan fingerprint density at radius 3 is 2.29 bits per heavy atom. The van der Waals surface area contributed by atoms with E-state index < -0.39 is 0 Å². The van der Waals surface area contributed by atoms with Crippen molar-refractivity contribution in [1.82, 2.24) is 15.2 Å². The highest BCUT2D eigenvalue weighted by Crippen LogP contribution is 2.16. The van der Waals surface area contributed by atoms with Crippen LogP contribution in [0.25, 0.3) is 0 Å². The number of aryl methyl sites for hydroxylation is 1. The molecule has 0 fully saturated rings. The number of nitrogens with one attached hydrogen (secondary N) is 2. The molecule has 0 atom stereocenters. The number of rotatable bonds is 4. The number of benzene rings is 2. The fourth-order valence-corrected chi connectivity index (χ4v) is 1.85. The van der Waals surface area contributed by atoms with Gasteiger partial charge in [-0.05, 0) is 31.2 Å². The molecule has 0 spiro atoms. The molecule has 0 unspecified atom stereocenters. The van der Waals surface area contributed by atoms with Crippen LogP contribution in [0.3, 0.4) is 0 Å². The van der Waals surface area contributed by atoms with E-state index in [1.165, 1.54) is 5.56 Å². The molecule has 1 aromatic heterocycles. The number of para-hydroxylation sites is 1. The molecule has 0 saturated carbocycles. The van der Waals surface area contributed by atoms with Crippen LogP contribution in [0.4, 0.5) is 23.1 Å². The Balaban J connectivity index is 1.75. The number of nitrogens with zero attached hydrogens (tertiary/aromatic N) is 3. The van der Waals surface area contributed by atoms with Crippen LogP contribution in [0.15, 0.2) is 60.8 Å². The normalized spacial score (nSPS) is 10.1. The first-order chi connectivity index (χ1) is 10.3. The second-order valence-corrected chi connectivity index (χ2v) is 4.65. The Bertz CT molecular complexity index is 710. The molecule has 5 nitrogen and oxygen atoms in total. The van der Waals surface area contributed by atoms with Gasteiger partial charge in [-0.15, -0.1) is 5.10 Å². The van der Waals surface area contributed by atoms with Crippen molar-refractivity contribution < 1.29 is 0 Å². The Hall–Kier alpha value is -2.95. The lowest BCUT2D eigenvalue weighted by molar-refractivity contribution is 0.982. The lowest BCUT2D eigenvalue weighted by Crippen LogP contribution is -2.02. The van der Waals surface area contributed by atoms with E-state index in [1.807, 2.05) is 61.5 Å². The molecule has 0 radical (unpaired) electrons. The van der Waals surface area contributed by atoms with Gasteiger partial charge in [0.15, 0.2) is 5.82 Å². The zero-order valence-electron chi connectivity index (χ0n) is 11.6. The summed E-state index contributed by atoms with van der Waals surface area (Å²) in [5.74, 6) is 1.10. The minimum atomic E-state index is 0.458. The van der Waals surface area contributed by atoms with E-state index in [-0.39, 0.29) is 0 Å². The van der Waals surface area contributed by atoms with Crippen molar-refractivity contribution in [2.75, 3.05) is 10.6 Å². The van der Waals surface area contributed by atoms with E-state index >= 15 is 0 Å². The average Bonchev–Trinajstić information content (AvgIpc) is 2.51. The third-order valence-corrected chi connectivity index (χ3v) is 2.91. The van der Waals surface area contributed by atoms with Gasteiger partial charge < -0.3 is 10.6 Å². The third-order valence-electron chi connectivity index (χ3n) is 2.91. The molecule has 5 heteroatoms. The van der Waals surface area contributed by atoms with Crippen molar-refractivity contribution in [3.8, 4) is 0 Å². The number of aromatic nitrogens is 3. The summed E-state index contributed by atoms with van der Waals surface area (Å²) in [4.78, 5) is 4.39. The molecule has 104 valence electrons. The summed E-state index contributed by atoms with van der Waals surface area (Å²) in [7, 11) is 0. The van der Waals surface area contributed by atoms with E-state index in [0.29, 0.717) is 11.8 Å². The average molecular weight is 277 g/mol. The number of hydrogen-bond donors (Lipinski definition) is 2. The minimum Gasteiger partial charge on any atom is -0.339 e. The lowest BCUT2D eigenvalue weighted by Gasteiger charge is -2.07. The molecule has 0 amide bonds. The molecule has 3 aromatic rings. The van der Waals surface area contributed by atoms with Gasteiger partial charge in [0, 0.05) is 11.4 Å². The van der Waals surface area contributed by atoms with Crippen LogP contribution in [-0.2, 0) is 0 Å². The van der Waals surface area contributed by atoms with Gasteiger partial charge in [0.05, 0.1) is 6.20 Å². The van der Waals surface area contributed by atoms with Crippen LogP contribution in [-0.4, -0.2) is 15.2 Å². The Morgan fingerprint density at radius 1 is 0.810 bits per heavy atom. The fraction of sp³-hybridized carbons (Fsp3) is 0.0625. The largest absolute Gasteiger partial charge is 0.339 e. The summed E-state index contributed by atoms with van der Waals surface area (Å²) in [5, 5.41) is 14.3. The first kappa shape index (κ1) is 13.1. The van der Waals surface area contributed by atoms with Crippen LogP contribution < -0.4 is 10.6 Å². The first-order valence-corrected chi connectivity index (χ1v) is 6.65. The molecule has 0 saturated heterocycles. The second kappa shape index (κ2) is 6.00. The van der Waals surface area contributed by atoms with Crippen LogP contribution in [0, 0.1) is 6.92 Å². The van der Waals surface area contributed by atoms with Crippen molar-refractivity contribution in [1.29, 1.82) is 0 Å². The molecule has 21 heavy (non-hydrogen) atoms. The highest BCUT2D eigenvalue weighted by Gasteiger charge is 2.01. The van der Waals surface area contributed by atoms with Gasteiger partial charge >= 0.3 is 0 Å². The van der Waals surface area contributed by atoms with Crippen LogP contribution in [0.1, 0.15) is 5.56 Å².